The second-order valence-corrected chi connectivity index (χ2v) is 18.2. The second kappa shape index (κ2) is 14.7. The highest BCUT2D eigenvalue weighted by Crippen LogP contribution is 2.52. The van der Waals surface area contributed by atoms with Crippen LogP contribution in [0.5, 0.6) is 0 Å². The van der Waals surface area contributed by atoms with Crippen LogP contribution in [-0.4, -0.2) is 9.13 Å². The quantitative estimate of drug-likeness (QED) is 0.158. The van der Waals surface area contributed by atoms with Crippen molar-refractivity contribution in [2.75, 3.05) is 0 Å². The third-order valence-electron chi connectivity index (χ3n) is 14.7. The fourth-order valence-corrected chi connectivity index (χ4v) is 11.9. The van der Waals surface area contributed by atoms with Crippen molar-refractivity contribution in [2.24, 2.45) is 0 Å². The van der Waals surface area contributed by atoms with Crippen molar-refractivity contribution in [1.29, 1.82) is 0 Å². The van der Waals surface area contributed by atoms with Crippen molar-refractivity contribution in [3.05, 3.63) is 241 Å². The molecule has 0 N–H and O–H groups in total. The molecule has 14 rings (SSSR count). The Bertz CT molecular complexity index is 3630. The topological polar surface area (TPSA) is 9.86 Å². The summed E-state index contributed by atoms with van der Waals surface area (Å²) in [5, 5.41) is 5.34. The van der Waals surface area contributed by atoms with Gasteiger partial charge in [0, 0.05) is 32.9 Å². The van der Waals surface area contributed by atoms with Gasteiger partial charge in [0.05, 0.1) is 22.1 Å². The van der Waals surface area contributed by atoms with Crippen LogP contribution in [0.2, 0.25) is 0 Å². The predicted molar refractivity (Wildman–Crippen MR) is 277 cm³/mol. The number of hydrogen-bond acceptors (Lipinski definition) is 0. The number of nitrogens with zero attached hydrogens (tertiary/aromatic N) is 2. The highest BCUT2D eigenvalue weighted by atomic mass is 15.0. The molecule has 2 aliphatic carbocycles. The maximum absolute atomic E-state index is 2.58. The van der Waals surface area contributed by atoms with Gasteiger partial charge in [0.2, 0.25) is 0 Å². The normalized spacial score (nSPS) is 12.9. The fourth-order valence-electron chi connectivity index (χ4n) is 11.9. The molecule has 0 radical (unpaired) electrons. The van der Waals surface area contributed by atoms with E-state index in [2.05, 4.69) is 228 Å². The lowest BCUT2D eigenvalue weighted by Gasteiger charge is -2.31. The van der Waals surface area contributed by atoms with E-state index in [1.165, 1.54) is 133 Å². The first-order valence-corrected chi connectivity index (χ1v) is 23.4. The van der Waals surface area contributed by atoms with E-state index in [0.717, 1.165) is 25.7 Å². The maximum atomic E-state index is 2.58. The van der Waals surface area contributed by atoms with Crippen LogP contribution >= 0.6 is 0 Å². The van der Waals surface area contributed by atoms with Crippen LogP contribution in [0.25, 0.3) is 111 Å². The first-order chi connectivity index (χ1) is 32.8. The van der Waals surface area contributed by atoms with Crippen molar-refractivity contribution >= 4 is 43.6 Å². The minimum atomic E-state index is 0.998. The minimum absolute atomic E-state index is 0.998. The van der Waals surface area contributed by atoms with Crippen LogP contribution in [-0.2, 0) is 25.7 Å². The fraction of sp³-hybridized carbons (Fsp3) is 0.0625. The van der Waals surface area contributed by atoms with Crippen molar-refractivity contribution in [1.82, 2.24) is 9.13 Å². The molecule has 66 heavy (non-hydrogen) atoms. The average molecular weight is 841 g/mol. The van der Waals surface area contributed by atoms with E-state index in [1.54, 1.807) is 0 Å². The van der Waals surface area contributed by atoms with Gasteiger partial charge in [-0.15, -0.1) is 0 Å². The van der Waals surface area contributed by atoms with E-state index in [-0.39, 0.29) is 0 Å². The monoisotopic (exact) mass is 840 g/mol. The number of hydrogen-bond donors (Lipinski definition) is 0. The summed E-state index contributed by atoms with van der Waals surface area (Å²) in [6.45, 7) is 0. The number of para-hydroxylation sites is 2. The molecule has 2 heteroatoms. The van der Waals surface area contributed by atoms with Gasteiger partial charge < -0.3 is 9.13 Å². The SMILES string of the molecule is c1ccc(-c2ccccc2-c2ccc3c(c2)c2cc4c5c(c2n3-c2ccccc2)CCc2cc3c6cc(-c7ccccc7-c7ccccc7)ccc6n(-c6ccccc6)c3c(c2-5)CC4)cc1. The van der Waals surface area contributed by atoms with E-state index in [0.29, 0.717) is 0 Å². The number of rotatable bonds is 6. The molecule has 0 saturated carbocycles. The summed E-state index contributed by atoms with van der Waals surface area (Å²) >= 11 is 0. The van der Waals surface area contributed by atoms with Crippen molar-refractivity contribution in [3.8, 4) is 67.0 Å². The summed E-state index contributed by atoms with van der Waals surface area (Å²) in [5.74, 6) is 0. The summed E-state index contributed by atoms with van der Waals surface area (Å²) in [4.78, 5) is 0. The Kier molecular flexibility index (Phi) is 8.27. The van der Waals surface area contributed by atoms with Crippen molar-refractivity contribution in [2.45, 2.75) is 25.7 Å². The first kappa shape index (κ1) is 37.2. The maximum Gasteiger partial charge on any atom is 0.0579 e. The molecule has 0 saturated heterocycles. The third kappa shape index (κ3) is 5.55. The van der Waals surface area contributed by atoms with Gasteiger partial charge in [-0.05, 0) is 164 Å². The molecule has 2 aliphatic rings. The zero-order valence-electron chi connectivity index (χ0n) is 36.5. The zero-order chi connectivity index (χ0) is 43.3. The minimum Gasteiger partial charge on any atom is -0.309 e. The summed E-state index contributed by atoms with van der Waals surface area (Å²) in [6.07, 6.45) is 4.00. The van der Waals surface area contributed by atoms with E-state index in [4.69, 9.17) is 0 Å². The number of aryl methyl sites for hydroxylation is 4. The standard InChI is InChI=1S/C64H44N2/c1-5-17-41(18-6-1)49-25-13-15-27-51(49)43-31-35-59-55(37-43)57-39-45-29-34-54-62-46(30-33-53(61(45)62)63(57)65(59)47-21-9-3-10-22-47)40-58-56-38-44(52-28-16-14-26-50(52)42-19-7-2-8-20-42)32-36-60(56)66(64(54)58)48-23-11-4-12-24-48/h1-28,31-32,35-40H,29-30,33-34H2. The van der Waals surface area contributed by atoms with Gasteiger partial charge >= 0.3 is 0 Å². The first-order valence-electron chi connectivity index (χ1n) is 23.4. The van der Waals surface area contributed by atoms with Crippen LogP contribution in [0.3, 0.4) is 0 Å². The Labute approximate surface area is 384 Å². The summed E-state index contributed by atoms with van der Waals surface area (Å²) < 4.78 is 5.14. The molecular formula is C64H44N2. The Balaban J connectivity index is 1.02. The van der Waals surface area contributed by atoms with E-state index >= 15 is 0 Å². The largest absolute Gasteiger partial charge is 0.309 e. The highest BCUT2D eigenvalue weighted by Gasteiger charge is 2.33. The van der Waals surface area contributed by atoms with Gasteiger partial charge in [-0.3, -0.25) is 0 Å². The smallest absolute Gasteiger partial charge is 0.0579 e. The molecular weight excluding hydrogens is 797 g/mol. The lowest BCUT2D eigenvalue weighted by Crippen LogP contribution is -2.16. The molecule has 2 heterocycles. The summed E-state index contributed by atoms with van der Waals surface area (Å²) in [5.41, 5.74) is 26.5. The lowest BCUT2D eigenvalue weighted by atomic mass is 9.74. The van der Waals surface area contributed by atoms with Gasteiger partial charge in [0.25, 0.3) is 0 Å². The van der Waals surface area contributed by atoms with Gasteiger partial charge in [0.15, 0.2) is 0 Å². The van der Waals surface area contributed by atoms with Crippen molar-refractivity contribution in [3.63, 3.8) is 0 Å². The highest BCUT2D eigenvalue weighted by molar-refractivity contribution is 6.17. The van der Waals surface area contributed by atoms with Gasteiger partial charge in [-0.1, -0.05) is 158 Å². The van der Waals surface area contributed by atoms with Crippen LogP contribution in [0.1, 0.15) is 22.3 Å². The molecule has 0 aliphatic heterocycles. The molecule has 10 aromatic carbocycles. The Morgan fingerprint density at radius 3 is 1.02 bits per heavy atom. The number of fused-ring (bicyclic) bond motifs is 8. The predicted octanol–water partition coefficient (Wildman–Crippen LogP) is 16.4. The lowest BCUT2D eigenvalue weighted by molar-refractivity contribution is 0.883. The molecule has 12 aromatic rings. The molecule has 310 valence electrons. The zero-order valence-corrected chi connectivity index (χ0v) is 36.5. The molecule has 0 atom stereocenters. The van der Waals surface area contributed by atoms with Crippen molar-refractivity contribution < 1.29 is 0 Å². The van der Waals surface area contributed by atoms with E-state index in [1.807, 2.05) is 0 Å². The molecule has 0 bridgehead atoms. The molecule has 0 amide bonds. The Morgan fingerprint density at radius 2 is 0.621 bits per heavy atom. The summed E-state index contributed by atoms with van der Waals surface area (Å²) in [7, 11) is 0. The molecule has 0 spiro atoms. The van der Waals surface area contributed by atoms with E-state index in [9.17, 15) is 0 Å². The van der Waals surface area contributed by atoms with E-state index < -0.39 is 0 Å². The van der Waals surface area contributed by atoms with Crippen LogP contribution in [0.15, 0.2) is 218 Å². The molecule has 0 fully saturated rings. The Morgan fingerprint density at radius 1 is 0.273 bits per heavy atom. The van der Waals surface area contributed by atoms with Crippen LogP contribution in [0.4, 0.5) is 0 Å². The van der Waals surface area contributed by atoms with Gasteiger partial charge in [-0.2, -0.15) is 0 Å². The average Bonchev–Trinajstić information content (AvgIpc) is 3.90. The molecule has 2 nitrogen and oxygen atoms in total. The number of aromatic nitrogens is 2. The van der Waals surface area contributed by atoms with Gasteiger partial charge in [0.1, 0.15) is 0 Å². The molecule has 0 unspecified atom stereocenters. The summed E-state index contributed by atoms with van der Waals surface area (Å²) in [6, 6.07) is 81.0. The second-order valence-electron chi connectivity index (χ2n) is 18.2. The third-order valence-corrected chi connectivity index (χ3v) is 14.7. The van der Waals surface area contributed by atoms with Gasteiger partial charge in [-0.25, -0.2) is 0 Å². The Hall–Kier alpha value is -8.20. The van der Waals surface area contributed by atoms with Crippen LogP contribution < -0.4 is 0 Å². The molecule has 2 aromatic heterocycles. The van der Waals surface area contributed by atoms with Crippen LogP contribution in [0, 0.1) is 0 Å². The number of benzene rings is 10.